The van der Waals surface area contributed by atoms with Crippen LogP contribution in [-0.4, -0.2) is 36.1 Å². The van der Waals surface area contributed by atoms with Gasteiger partial charge in [-0.2, -0.15) is 0 Å². The van der Waals surface area contributed by atoms with E-state index >= 15 is 0 Å². The number of esters is 1. The molecule has 23 heavy (non-hydrogen) atoms. The maximum Gasteiger partial charge on any atom is 0.309 e. The maximum absolute atomic E-state index is 12.6. The summed E-state index contributed by atoms with van der Waals surface area (Å²) in [4.78, 5) is 16.6. The molecule has 0 amide bonds. The van der Waals surface area contributed by atoms with Gasteiger partial charge in [-0.1, -0.05) is 25.8 Å². The van der Waals surface area contributed by atoms with Gasteiger partial charge in [0.05, 0.1) is 12.5 Å². The summed E-state index contributed by atoms with van der Waals surface area (Å²) in [7, 11) is 0. The van der Waals surface area contributed by atoms with Crippen LogP contribution in [0.3, 0.4) is 0 Å². The molecule has 2 saturated heterocycles. The highest BCUT2D eigenvalue weighted by Gasteiger charge is 2.50. The molecular weight excluding hydrogens is 306 g/mol. The quantitative estimate of drug-likeness (QED) is 0.545. The number of unbranched alkanes of at least 4 members (excludes halogenated alkanes) is 2. The van der Waals surface area contributed by atoms with E-state index < -0.39 is 0 Å². The Balaban J connectivity index is 1.81. The third-order valence-corrected chi connectivity index (χ3v) is 6.52. The Hall–Kier alpha value is -0.870. The van der Waals surface area contributed by atoms with Crippen LogP contribution < -0.4 is 0 Å². The molecule has 0 aromatic carbocycles. The van der Waals surface area contributed by atoms with E-state index in [1.165, 1.54) is 43.5 Å². The Kier molecular flexibility index (Phi) is 5.76. The first-order valence-corrected chi connectivity index (χ1v) is 10.1. The van der Waals surface area contributed by atoms with Crippen molar-refractivity contribution in [1.29, 1.82) is 0 Å². The maximum atomic E-state index is 12.6. The van der Waals surface area contributed by atoms with Gasteiger partial charge in [-0.25, -0.2) is 0 Å². The van der Waals surface area contributed by atoms with Crippen LogP contribution in [0.15, 0.2) is 17.5 Å². The Morgan fingerprint density at radius 2 is 2.22 bits per heavy atom. The summed E-state index contributed by atoms with van der Waals surface area (Å²) in [5.41, 5.74) is 0. The third kappa shape index (κ3) is 3.48. The minimum Gasteiger partial charge on any atom is -0.466 e. The SMILES string of the molecule is CCCCCN1[C@@H]2CC[C@@H]1[C@@H](c1cccs1)[C@@H](C(=O)OCC)C2. The molecule has 0 aliphatic carbocycles. The van der Waals surface area contributed by atoms with Crippen molar-refractivity contribution >= 4 is 17.3 Å². The van der Waals surface area contributed by atoms with Gasteiger partial charge in [-0.15, -0.1) is 11.3 Å². The van der Waals surface area contributed by atoms with Gasteiger partial charge in [0.15, 0.2) is 0 Å². The highest BCUT2D eigenvalue weighted by Crippen LogP contribution is 2.48. The average Bonchev–Trinajstić information content (AvgIpc) is 3.16. The molecule has 2 fully saturated rings. The van der Waals surface area contributed by atoms with Gasteiger partial charge in [0.25, 0.3) is 0 Å². The fourth-order valence-electron chi connectivity index (χ4n) is 4.57. The summed E-state index contributed by atoms with van der Waals surface area (Å²) in [6.45, 7) is 5.85. The molecule has 0 unspecified atom stereocenters. The summed E-state index contributed by atoms with van der Waals surface area (Å²) in [5, 5.41) is 2.14. The van der Waals surface area contributed by atoms with E-state index in [2.05, 4.69) is 29.3 Å². The molecule has 0 spiro atoms. The van der Waals surface area contributed by atoms with Crippen LogP contribution in [0.2, 0.25) is 0 Å². The second kappa shape index (κ2) is 7.80. The largest absolute Gasteiger partial charge is 0.466 e. The van der Waals surface area contributed by atoms with Crippen molar-refractivity contribution < 1.29 is 9.53 Å². The number of piperidine rings is 1. The fraction of sp³-hybridized carbons (Fsp3) is 0.737. The van der Waals surface area contributed by atoms with Crippen molar-refractivity contribution in [2.45, 2.75) is 70.4 Å². The van der Waals surface area contributed by atoms with Crippen LogP contribution in [-0.2, 0) is 9.53 Å². The summed E-state index contributed by atoms with van der Waals surface area (Å²) < 4.78 is 5.42. The minimum atomic E-state index is 0.0241. The first-order chi connectivity index (χ1) is 11.3. The zero-order valence-electron chi connectivity index (χ0n) is 14.4. The second-order valence-electron chi connectivity index (χ2n) is 6.88. The summed E-state index contributed by atoms with van der Waals surface area (Å²) in [6, 6.07) is 5.44. The lowest BCUT2D eigenvalue weighted by atomic mass is 9.79. The number of hydrogen-bond donors (Lipinski definition) is 0. The van der Waals surface area contributed by atoms with Crippen molar-refractivity contribution in [3.8, 4) is 0 Å². The van der Waals surface area contributed by atoms with Crippen LogP contribution in [0.4, 0.5) is 0 Å². The van der Waals surface area contributed by atoms with E-state index in [-0.39, 0.29) is 11.9 Å². The molecule has 2 aliphatic rings. The standard InChI is InChI=1S/C19H29NO2S/c1-3-5-6-11-20-14-9-10-16(20)18(17-8-7-12-23-17)15(13-14)19(21)22-4-2/h7-8,12,14-16,18H,3-6,9-11,13H2,1-2H3/t14-,15+,16-,18+/m1/s1. The number of rotatable bonds is 7. The zero-order chi connectivity index (χ0) is 16.2. The Labute approximate surface area is 144 Å². The van der Waals surface area contributed by atoms with Gasteiger partial charge in [0.1, 0.15) is 0 Å². The molecule has 3 nitrogen and oxygen atoms in total. The molecule has 4 heteroatoms. The number of carbonyl (C=O) groups is 1. The first-order valence-electron chi connectivity index (χ1n) is 9.22. The predicted molar refractivity (Wildman–Crippen MR) is 94.8 cm³/mol. The number of hydrogen-bond acceptors (Lipinski definition) is 4. The molecule has 2 aliphatic heterocycles. The highest BCUT2D eigenvalue weighted by atomic mass is 32.1. The van der Waals surface area contributed by atoms with E-state index in [0.29, 0.717) is 24.6 Å². The lowest BCUT2D eigenvalue weighted by Crippen LogP contribution is -2.50. The number of thiophene rings is 1. The molecule has 3 rings (SSSR count). The molecule has 128 valence electrons. The lowest BCUT2D eigenvalue weighted by Gasteiger charge is -2.43. The Morgan fingerprint density at radius 3 is 2.91 bits per heavy atom. The number of nitrogens with zero attached hydrogens (tertiary/aromatic N) is 1. The van der Waals surface area contributed by atoms with Gasteiger partial charge in [-0.3, -0.25) is 9.69 Å². The second-order valence-corrected chi connectivity index (χ2v) is 7.86. The smallest absolute Gasteiger partial charge is 0.309 e. The summed E-state index contributed by atoms with van der Waals surface area (Å²) >= 11 is 1.80. The van der Waals surface area contributed by atoms with E-state index in [9.17, 15) is 4.79 Å². The van der Waals surface area contributed by atoms with Crippen LogP contribution in [0, 0.1) is 5.92 Å². The molecule has 3 heterocycles. The lowest BCUT2D eigenvalue weighted by molar-refractivity contribution is -0.151. The van der Waals surface area contributed by atoms with Crippen LogP contribution in [0.5, 0.6) is 0 Å². The molecule has 0 radical (unpaired) electrons. The van der Waals surface area contributed by atoms with Crippen molar-refractivity contribution in [3.63, 3.8) is 0 Å². The van der Waals surface area contributed by atoms with Crippen LogP contribution in [0.1, 0.15) is 63.2 Å². The normalized spacial score (nSPS) is 30.5. The van der Waals surface area contributed by atoms with Gasteiger partial charge < -0.3 is 4.74 Å². The van der Waals surface area contributed by atoms with E-state index in [1.54, 1.807) is 11.3 Å². The Morgan fingerprint density at radius 1 is 1.35 bits per heavy atom. The summed E-state index contributed by atoms with van der Waals surface area (Å²) in [5.74, 6) is 0.402. The van der Waals surface area contributed by atoms with Crippen LogP contribution >= 0.6 is 11.3 Å². The van der Waals surface area contributed by atoms with E-state index in [1.807, 2.05) is 6.92 Å². The molecule has 1 aromatic heterocycles. The molecule has 4 atom stereocenters. The van der Waals surface area contributed by atoms with Crippen molar-refractivity contribution in [3.05, 3.63) is 22.4 Å². The molecule has 0 N–H and O–H groups in total. The molecule has 0 saturated carbocycles. The Bertz CT molecular complexity index is 501. The van der Waals surface area contributed by atoms with Gasteiger partial charge in [0, 0.05) is 22.9 Å². The van der Waals surface area contributed by atoms with E-state index in [0.717, 1.165) is 6.42 Å². The van der Waals surface area contributed by atoms with Crippen molar-refractivity contribution in [1.82, 2.24) is 4.90 Å². The van der Waals surface area contributed by atoms with Gasteiger partial charge >= 0.3 is 5.97 Å². The molecule has 1 aromatic rings. The number of ether oxygens (including phenoxy) is 1. The molecular formula is C19H29NO2S. The number of carbonyl (C=O) groups excluding carboxylic acids is 1. The van der Waals surface area contributed by atoms with Gasteiger partial charge in [0.2, 0.25) is 0 Å². The zero-order valence-corrected chi connectivity index (χ0v) is 15.2. The average molecular weight is 336 g/mol. The predicted octanol–water partition coefficient (Wildman–Crippen LogP) is 4.44. The van der Waals surface area contributed by atoms with E-state index in [4.69, 9.17) is 4.74 Å². The first kappa shape index (κ1) is 17.0. The molecule has 2 bridgehead atoms. The summed E-state index contributed by atoms with van der Waals surface area (Å²) in [6.07, 6.45) is 7.31. The topological polar surface area (TPSA) is 29.5 Å². The monoisotopic (exact) mass is 335 g/mol. The van der Waals surface area contributed by atoms with Crippen LogP contribution in [0.25, 0.3) is 0 Å². The third-order valence-electron chi connectivity index (χ3n) is 5.55. The highest BCUT2D eigenvalue weighted by molar-refractivity contribution is 7.10. The van der Waals surface area contributed by atoms with Crippen molar-refractivity contribution in [2.75, 3.05) is 13.2 Å². The fourth-order valence-corrected chi connectivity index (χ4v) is 5.52. The number of fused-ring (bicyclic) bond motifs is 2. The van der Waals surface area contributed by atoms with Gasteiger partial charge in [-0.05, 0) is 50.6 Å². The van der Waals surface area contributed by atoms with Crippen molar-refractivity contribution in [2.24, 2.45) is 5.92 Å². The minimum absolute atomic E-state index is 0.0241.